The summed E-state index contributed by atoms with van der Waals surface area (Å²) in [6.45, 7) is 7.38. The molecule has 0 radical (unpaired) electrons. The van der Waals surface area contributed by atoms with E-state index in [1.807, 2.05) is 20.8 Å². The molecular formula is C17H23ClN4O3. The fraction of sp³-hybridized carbons (Fsp3) is 0.353. The number of hydrogen-bond donors (Lipinski definition) is 3. The predicted molar refractivity (Wildman–Crippen MR) is 98.9 cm³/mol. The van der Waals surface area contributed by atoms with Crippen molar-refractivity contribution in [3.63, 3.8) is 0 Å². The Morgan fingerprint density at radius 1 is 1.12 bits per heavy atom. The van der Waals surface area contributed by atoms with Gasteiger partial charge in [-0.25, -0.2) is 0 Å². The van der Waals surface area contributed by atoms with Gasteiger partial charge in [0, 0.05) is 11.4 Å². The second kappa shape index (κ2) is 8.13. The average Bonchev–Trinajstić information content (AvgIpc) is 2.93. The largest absolute Gasteiger partial charge is 0.361 e. The Morgan fingerprint density at radius 3 is 2.08 bits per heavy atom. The van der Waals surface area contributed by atoms with Crippen molar-refractivity contribution in [1.82, 2.24) is 5.16 Å². The topological polar surface area (TPSA) is 110 Å². The van der Waals surface area contributed by atoms with E-state index in [9.17, 15) is 9.59 Å². The van der Waals surface area contributed by atoms with E-state index in [2.05, 4.69) is 15.8 Å². The zero-order valence-electron chi connectivity index (χ0n) is 14.6. The first-order valence-electron chi connectivity index (χ1n) is 7.57. The van der Waals surface area contributed by atoms with Crippen LogP contribution in [0.2, 0.25) is 0 Å². The van der Waals surface area contributed by atoms with Crippen LogP contribution in [0.4, 0.5) is 11.4 Å². The van der Waals surface area contributed by atoms with E-state index in [0.717, 1.165) is 0 Å². The Kier molecular flexibility index (Phi) is 6.72. The molecule has 1 atom stereocenters. The fourth-order valence-electron chi connectivity index (χ4n) is 1.97. The normalized spacial score (nSPS) is 12.0. The molecular weight excluding hydrogens is 344 g/mol. The molecule has 0 aliphatic heterocycles. The number of nitrogens with two attached hydrogens (primary N) is 1. The number of rotatable bonds is 4. The van der Waals surface area contributed by atoms with Gasteiger partial charge in [0.25, 0.3) is 5.91 Å². The third kappa shape index (κ3) is 5.30. The lowest BCUT2D eigenvalue weighted by atomic mass is 9.87. The van der Waals surface area contributed by atoms with Crippen molar-refractivity contribution in [2.24, 2.45) is 11.1 Å². The fourth-order valence-corrected chi connectivity index (χ4v) is 1.97. The average molecular weight is 367 g/mol. The van der Waals surface area contributed by atoms with E-state index in [1.165, 1.54) is 6.20 Å². The van der Waals surface area contributed by atoms with Crippen molar-refractivity contribution in [2.75, 3.05) is 10.6 Å². The molecule has 0 fully saturated rings. The summed E-state index contributed by atoms with van der Waals surface area (Å²) in [6, 6.07) is 6.17. The molecule has 0 saturated heterocycles. The predicted octanol–water partition coefficient (Wildman–Crippen LogP) is 2.97. The van der Waals surface area contributed by atoms with Crippen LogP contribution in [0.25, 0.3) is 0 Å². The molecule has 136 valence electrons. The lowest BCUT2D eigenvalue weighted by molar-refractivity contribution is -0.119. The van der Waals surface area contributed by atoms with Crippen molar-refractivity contribution in [1.29, 1.82) is 0 Å². The molecule has 0 bridgehead atoms. The van der Waals surface area contributed by atoms with E-state index < -0.39 is 6.04 Å². The Balaban J connectivity index is 0.00000312. The summed E-state index contributed by atoms with van der Waals surface area (Å²) >= 11 is 0. The van der Waals surface area contributed by atoms with Gasteiger partial charge in [-0.1, -0.05) is 25.9 Å². The van der Waals surface area contributed by atoms with Crippen molar-refractivity contribution in [3.05, 3.63) is 41.8 Å². The summed E-state index contributed by atoms with van der Waals surface area (Å²) in [5.74, 6) is -0.104. The molecule has 0 aliphatic rings. The van der Waals surface area contributed by atoms with Gasteiger partial charge >= 0.3 is 0 Å². The highest BCUT2D eigenvalue weighted by atomic mass is 35.5. The lowest BCUT2D eigenvalue weighted by Gasteiger charge is -2.25. The SMILES string of the molecule is Cc1oncc1C(=O)Nc1ccc(NC(=O)[C@@H](N)C(C)(C)C)cc1.Cl. The maximum absolute atomic E-state index is 12.1. The maximum atomic E-state index is 12.1. The third-order valence-corrected chi connectivity index (χ3v) is 3.62. The Morgan fingerprint density at radius 2 is 1.64 bits per heavy atom. The quantitative estimate of drug-likeness (QED) is 0.770. The van der Waals surface area contributed by atoms with Crippen LogP contribution >= 0.6 is 12.4 Å². The second-order valence-electron chi connectivity index (χ2n) is 6.66. The van der Waals surface area contributed by atoms with Crippen molar-refractivity contribution in [2.45, 2.75) is 33.7 Å². The van der Waals surface area contributed by atoms with Crippen LogP contribution in [-0.2, 0) is 4.79 Å². The first-order valence-corrected chi connectivity index (χ1v) is 7.57. The molecule has 2 amide bonds. The van der Waals surface area contributed by atoms with Gasteiger partial charge in [0.05, 0.1) is 12.2 Å². The highest BCUT2D eigenvalue weighted by molar-refractivity contribution is 6.04. The number of aromatic nitrogens is 1. The van der Waals surface area contributed by atoms with Gasteiger partial charge in [-0.05, 0) is 36.6 Å². The molecule has 2 rings (SSSR count). The number of benzene rings is 1. The molecule has 0 unspecified atom stereocenters. The first-order chi connectivity index (χ1) is 11.2. The Bertz CT molecular complexity index is 735. The third-order valence-electron chi connectivity index (χ3n) is 3.62. The number of nitrogens with zero attached hydrogens (tertiary/aromatic N) is 1. The number of hydrogen-bond acceptors (Lipinski definition) is 5. The zero-order valence-corrected chi connectivity index (χ0v) is 15.4. The van der Waals surface area contributed by atoms with Gasteiger partial charge in [-0.15, -0.1) is 12.4 Å². The first kappa shape index (κ1) is 20.7. The van der Waals surface area contributed by atoms with Crippen LogP contribution in [0.5, 0.6) is 0 Å². The summed E-state index contributed by atoms with van der Waals surface area (Å²) in [5, 5.41) is 9.07. The van der Waals surface area contributed by atoms with Crippen LogP contribution in [-0.4, -0.2) is 23.0 Å². The van der Waals surface area contributed by atoms with Crippen LogP contribution in [0.1, 0.15) is 36.9 Å². The van der Waals surface area contributed by atoms with Crippen LogP contribution in [0.3, 0.4) is 0 Å². The molecule has 25 heavy (non-hydrogen) atoms. The summed E-state index contributed by atoms with van der Waals surface area (Å²) < 4.78 is 4.87. The number of nitrogens with one attached hydrogen (secondary N) is 2. The van der Waals surface area contributed by atoms with Gasteiger partial charge in [0.1, 0.15) is 11.3 Å². The summed E-state index contributed by atoms with van der Waals surface area (Å²) in [6.07, 6.45) is 1.37. The molecule has 8 heteroatoms. The number of anilines is 2. The summed E-state index contributed by atoms with van der Waals surface area (Å²) in [5.41, 5.74) is 7.18. The molecule has 4 N–H and O–H groups in total. The number of carbonyl (C=O) groups is 2. The number of aryl methyl sites for hydroxylation is 1. The van der Waals surface area contributed by atoms with Gasteiger partial charge in [-0.2, -0.15) is 0 Å². The minimum atomic E-state index is -0.617. The van der Waals surface area contributed by atoms with Gasteiger partial charge in [0.2, 0.25) is 5.91 Å². The Hall–Kier alpha value is -2.38. The Labute approximate surface area is 152 Å². The monoisotopic (exact) mass is 366 g/mol. The summed E-state index contributed by atoms with van der Waals surface area (Å²) in [7, 11) is 0. The number of halogens is 1. The maximum Gasteiger partial charge on any atom is 0.260 e. The van der Waals surface area contributed by atoms with Crippen molar-refractivity contribution >= 4 is 35.6 Å². The van der Waals surface area contributed by atoms with Gasteiger partial charge in [-0.3, -0.25) is 9.59 Å². The standard InChI is InChI=1S/C17H22N4O3.ClH/c1-10-13(9-19-24-10)15(22)20-11-5-7-12(8-6-11)21-16(23)14(18)17(2,3)4;/h5-9,14H,18H2,1-4H3,(H,20,22)(H,21,23);1H/t14-;/m1./s1. The molecule has 1 heterocycles. The second-order valence-corrected chi connectivity index (χ2v) is 6.66. The van der Waals surface area contributed by atoms with Crippen molar-refractivity contribution < 1.29 is 14.1 Å². The molecule has 7 nitrogen and oxygen atoms in total. The zero-order chi connectivity index (χ0) is 17.9. The van der Waals surface area contributed by atoms with Gasteiger partial charge < -0.3 is 20.9 Å². The van der Waals surface area contributed by atoms with Crippen LogP contribution in [0.15, 0.2) is 35.0 Å². The highest BCUT2D eigenvalue weighted by Gasteiger charge is 2.27. The smallest absolute Gasteiger partial charge is 0.260 e. The minimum absolute atomic E-state index is 0. The van der Waals surface area contributed by atoms with E-state index >= 15 is 0 Å². The van der Waals surface area contributed by atoms with E-state index in [-0.39, 0.29) is 29.6 Å². The van der Waals surface area contributed by atoms with Crippen LogP contribution in [0, 0.1) is 12.3 Å². The number of amides is 2. The van der Waals surface area contributed by atoms with Gasteiger partial charge in [0.15, 0.2) is 0 Å². The number of carbonyl (C=O) groups excluding carboxylic acids is 2. The van der Waals surface area contributed by atoms with Crippen molar-refractivity contribution in [3.8, 4) is 0 Å². The molecule has 0 spiro atoms. The molecule has 1 aromatic heterocycles. The molecule has 0 saturated carbocycles. The van der Waals surface area contributed by atoms with E-state index in [4.69, 9.17) is 10.3 Å². The molecule has 1 aromatic carbocycles. The minimum Gasteiger partial charge on any atom is -0.361 e. The van der Waals surface area contributed by atoms with E-state index in [1.54, 1.807) is 31.2 Å². The molecule has 2 aromatic rings. The van der Waals surface area contributed by atoms with E-state index in [0.29, 0.717) is 22.7 Å². The van der Waals surface area contributed by atoms with Crippen LogP contribution < -0.4 is 16.4 Å². The highest BCUT2D eigenvalue weighted by Crippen LogP contribution is 2.20. The summed E-state index contributed by atoms with van der Waals surface area (Å²) in [4.78, 5) is 24.2. The molecule has 0 aliphatic carbocycles. The lowest BCUT2D eigenvalue weighted by Crippen LogP contribution is -2.45.